The molecule has 0 saturated carbocycles. The molecule has 0 unspecified atom stereocenters. The van der Waals surface area contributed by atoms with Crippen molar-refractivity contribution in [3.8, 4) is 10.4 Å². The molecule has 1 aromatic carbocycles. The molecule has 2 aromatic rings. The number of hydrogen-bond donors (Lipinski definition) is 1. The van der Waals surface area contributed by atoms with Crippen molar-refractivity contribution in [2.24, 2.45) is 0 Å². The number of methoxy groups -OCH3 is 1. The van der Waals surface area contributed by atoms with Gasteiger partial charge in [0.25, 0.3) is 5.91 Å². The largest absolute Gasteiger partial charge is 0.385 e. The minimum absolute atomic E-state index is 0.222. The van der Waals surface area contributed by atoms with E-state index in [1.165, 1.54) is 11.5 Å². The van der Waals surface area contributed by atoms with Crippen molar-refractivity contribution in [2.75, 3.05) is 20.3 Å². The predicted molar refractivity (Wildman–Crippen MR) is 79.2 cm³/mol. The zero-order valence-corrected chi connectivity index (χ0v) is 12.5. The van der Waals surface area contributed by atoms with Gasteiger partial charge in [0.1, 0.15) is 0 Å². The topological polar surface area (TPSA) is 64.1 Å². The van der Waals surface area contributed by atoms with E-state index in [1.54, 1.807) is 19.2 Å². The second-order valence-electron chi connectivity index (χ2n) is 4.06. The lowest BCUT2D eigenvalue weighted by Gasteiger charge is -2.04. The van der Waals surface area contributed by atoms with Gasteiger partial charge in [0.15, 0.2) is 5.69 Å². The molecule has 0 aliphatic heterocycles. The number of ether oxygens (including phenoxy) is 1. The Balaban J connectivity index is 2.08. The molecule has 0 radical (unpaired) electrons. The van der Waals surface area contributed by atoms with Gasteiger partial charge in [0.05, 0.1) is 4.88 Å². The van der Waals surface area contributed by atoms with Gasteiger partial charge >= 0.3 is 0 Å². The van der Waals surface area contributed by atoms with Crippen LogP contribution in [0.25, 0.3) is 10.4 Å². The lowest BCUT2D eigenvalue weighted by atomic mass is 10.1. The van der Waals surface area contributed by atoms with Gasteiger partial charge in [-0.25, -0.2) is 0 Å². The van der Waals surface area contributed by atoms with Crippen molar-refractivity contribution in [3.05, 3.63) is 35.0 Å². The Hall–Kier alpha value is -1.50. The smallest absolute Gasteiger partial charge is 0.273 e. The minimum Gasteiger partial charge on any atom is -0.385 e. The van der Waals surface area contributed by atoms with E-state index in [9.17, 15) is 4.79 Å². The van der Waals surface area contributed by atoms with Crippen LogP contribution in [-0.2, 0) is 4.74 Å². The Morgan fingerprint density at radius 2 is 2.15 bits per heavy atom. The maximum absolute atomic E-state index is 12.1. The molecule has 0 aliphatic carbocycles. The molecule has 0 spiro atoms. The highest BCUT2D eigenvalue weighted by molar-refractivity contribution is 7.09. The number of nitrogens with one attached hydrogen (secondary N) is 1. The maximum Gasteiger partial charge on any atom is 0.273 e. The van der Waals surface area contributed by atoms with Gasteiger partial charge in [0.2, 0.25) is 0 Å². The van der Waals surface area contributed by atoms with Crippen molar-refractivity contribution in [2.45, 2.75) is 6.42 Å². The van der Waals surface area contributed by atoms with Gasteiger partial charge in [-0.05, 0) is 35.6 Å². The molecule has 20 heavy (non-hydrogen) atoms. The first-order chi connectivity index (χ1) is 9.72. The summed E-state index contributed by atoms with van der Waals surface area (Å²) in [4.78, 5) is 12.8. The highest BCUT2D eigenvalue weighted by Gasteiger charge is 2.17. The van der Waals surface area contributed by atoms with E-state index in [2.05, 4.69) is 14.9 Å². The molecule has 0 fully saturated rings. The number of benzene rings is 1. The quantitative estimate of drug-likeness (QED) is 0.833. The molecular formula is C13H14ClN3O2S. The Labute approximate surface area is 126 Å². The van der Waals surface area contributed by atoms with Crippen molar-refractivity contribution < 1.29 is 9.53 Å². The van der Waals surface area contributed by atoms with E-state index in [4.69, 9.17) is 16.3 Å². The second kappa shape index (κ2) is 7.33. The van der Waals surface area contributed by atoms with Crippen LogP contribution < -0.4 is 5.32 Å². The Morgan fingerprint density at radius 1 is 1.40 bits per heavy atom. The van der Waals surface area contributed by atoms with Gasteiger partial charge in [-0.1, -0.05) is 28.2 Å². The fourth-order valence-electron chi connectivity index (χ4n) is 1.63. The molecule has 0 saturated heterocycles. The first-order valence-corrected chi connectivity index (χ1v) is 7.23. The monoisotopic (exact) mass is 311 g/mol. The average Bonchev–Trinajstić information content (AvgIpc) is 2.93. The van der Waals surface area contributed by atoms with Crippen molar-refractivity contribution >= 4 is 29.0 Å². The van der Waals surface area contributed by atoms with Crippen LogP contribution in [0.4, 0.5) is 0 Å². The molecule has 1 amide bonds. The van der Waals surface area contributed by atoms with Gasteiger partial charge in [-0.2, -0.15) is 0 Å². The van der Waals surface area contributed by atoms with Crippen LogP contribution in [0.3, 0.4) is 0 Å². The molecule has 1 aromatic heterocycles. The van der Waals surface area contributed by atoms with Crippen LogP contribution in [-0.4, -0.2) is 35.8 Å². The summed E-state index contributed by atoms with van der Waals surface area (Å²) in [5.41, 5.74) is 1.22. The summed E-state index contributed by atoms with van der Waals surface area (Å²) in [5, 5.41) is 7.36. The Bertz CT molecular complexity index is 571. The van der Waals surface area contributed by atoms with E-state index in [0.717, 1.165) is 16.9 Å². The number of hydrogen-bond acceptors (Lipinski definition) is 5. The first kappa shape index (κ1) is 14.9. The normalized spacial score (nSPS) is 10.5. The predicted octanol–water partition coefficient (Wildman–Crippen LogP) is 2.62. The zero-order chi connectivity index (χ0) is 14.4. The Morgan fingerprint density at radius 3 is 2.85 bits per heavy atom. The van der Waals surface area contributed by atoms with E-state index >= 15 is 0 Å². The molecular weight excluding hydrogens is 298 g/mol. The number of halogens is 1. The third-order valence-corrected chi connectivity index (χ3v) is 3.65. The highest BCUT2D eigenvalue weighted by atomic mass is 35.5. The van der Waals surface area contributed by atoms with Crippen LogP contribution >= 0.6 is 23.1 Å². The second-order valence-corrected chi connectivity index (χ2v) is 5.25. The number of amides is 1. The lowest BCUT2D eigenvalue weighted by Crippen LogP contribution is -2.26. The summed E-state index contributed by atoms with van der Waals surface area (Å²) < 4.78 is 8.79. The summed E-state index contributed by atoms with van der Waals surface area (Å²) in [6.45, 7) is 1.16. The standard InChI is InChI=1S/C13H14ClN3O2S/c1-19-8-2-7-15-13(18)11-12(20-17-16-11)9-3-5-10(14)6-4-9/h3-6H,2,7-8H2,1H3,(H,15,18). The number of aromatic nitrogens is 2. The molecule has 2 rings (SSSR count). The fraction of sp³-hybridized carbons (Fsp3) is 0.308. The number of rotatable bonds is 6. The molecule has 5 nitrogen and oxygen atoms in total. The summed E-state index contributed by atoms with van der Waals surface area (Å²) in [6, 6.07) is 7.24. The Kier molecular flexibility index (Phi) is 5.46. The fourth-order valence-corrected chi connectivity index (χ4v) is 2.42. The molecule has 0 bridgehead atoms. The van der Waals surface area contributed by atoms with E-state index < -0.39 is 0 Å². The lowest BCUT2D eigenvalue weighted by molar-refractivity contribution is 0.0944. The number of carbonyl (C=O) groups excluding carboxylic acids is 1. The van der Waals surface area contributed by atoms with Crippen LogP contribution in [0.2, 0.25) is 5.02 Å². The molecule has 0 aliphatic rings. The molecule has 1 N–H and O–H groups in total. The third kappa shape index (κ3) is 3.75. The summed E-state index contributed by atoms with van der Waals surface area (Å²) in [7, 11) is 1.63. The summed E-state index contributed by atoms with van der Waals surface area (Å²) >= 11 is 7.05. The van der Waals surface area contributed by atoms with Gasteiger partial charge in [0, 0.05) is 25.3 Å². The number of carbonyl (C=O) groups is 1. The zero-order valence-electron chi connectivity index (χ0n) is 10.9. The highest BCUT2D eigenvalue weighted by Crippen LogP contribution is 2.27. The molecule has 1 heterocycles. The van der Waals surface area contributed by atoms with Crippen LogP contribution in [0, 0.1) is 0 Å². The van der Waals surface area contributed by atoms with Gasteiger partial charge in [-0.3, -0.25) is 4.79 Å². The SMILES string of the molecule is COCCCNC(=O)c1nnsc1-c1ccc(Cl)cc1. The first-order valence-electron chi connectivity index (χ1n) is 6.08. The van der Waals surface area contributed by atoms with Crippen molar-refractivity contribution in [1.29, 1.82) is 0 Å². The van der Waals surface area contributed by atoms with E-state index in [1.807, 2.05) is 12.1 Å². The molecule has 106 valence electrons. The van der Waals surface area contributed by atoms with E-state index in [0.29, 0.717) is 23.9 Å². The van der Waals surface area contributed by atoms with Crippen LogP contribution in [0.15, 0.2) is 24.3 Å². The van der Waals surface area contributed by atoms with Crippen LogP contribution in [0.5, 0.6) is 0 Å². The maximum atomic E-state index is 12.1. The van der Waals surface area contributed by atoms with Crippen molar-refractivity contribution in [1.82, 2.24) is 14.9 Å². The summed E-state index contributed by atoms with van der Waals surface area (Å²) in [5.74, 6) is -0.222. The minimum atomic E-state index is -0.222. The average molecular weight is 312 g/mol. The molecule has 0 atom stereocenters. The van der Waals surface area contributed by atoms with Crippen molar-refractivity contribution in [3.63, 3.8) is 0 Å². The van der Waals surface area contributed by atoms with E-state index in [-0.39, 0.29) is 5.91 Å². The molecule has 7 heteroatoms. The van der Waals surface area contributed by atoms with Gasteiger partial charge in [-0.15, -0.1) is 5.10 Å². The number of nitrogens with zero attached hydrogens (tertiary/aromatic N) is 2. The summed E-state index contributed by atoms with van der Waals surface area (Å²) in [6.07, 6.45) is 0.760. The van der Waals surface area contributed by atoms with Gasteiger partial charge < -0.3 is 10.1 Å². The van der Waals surface area contributed by atoms with Crippen LogP contribution in [0.1, 0.15) is 16.9 Å². The third-order valence-electron chi connectivity index (χ3n) is 2.62.